The van der Waals surface area contributed by atoms with Crippen LogP contribution in [0, 0.1) is 0 Å². The quantitative estimate of drug-likeness (QED) is 0.823. The SMILES string of the molecule is CN1C[C@@]2(CCCN(C(=O)CCCn3cncn3)CC2)OC1=O. The van der Waals surface area contributed by atoms with E-state index in [9.17, 15) is 9.59 Å². The van der Waals surface area contributed by atoms with Crippen molar-refractivity contribution in [2.75, 3.05) is 26.7 Å². The van der Waals surface area contributed by atoms with Gasteiger partial charge in [-0.1, -0.05) is 0 Å². The number of amides is 2. The third kappa shape index (κ3) is 3.62. The Bertz CT molecular complexity index is 561. The first-order valence-corrected chi connectivity index (χ1v) is 8.12. The zero-order valence-corrected chi connectivity index (χ0v) is 13.5. The largest absolute Gasteiger partial charge is 0.441 e. The minimum atomic E-state index is -0.401. The second-order valence-electron chi connectivity index (χ2n) is 6.40. The lowest BCUT2D eigenvalue weighted by atomic mass is 9.95. The van der Waals surface area contributed by atoms with Crippen molar-refractivity contribution in [1.29, 1.82) is 0 Å². The van der Waals surface area contributed by atoms with Gasteiger partial charge in [0, 0.05) is 39.5 Å². The third-order valence-electron chi connectivity index (χ3n) is 4.64. The van der Waals surface area contributed by atoms with E-state index in [2.05, 4.69) is 10.1 Å². The first-order chi connectivity index (χ1) is 11.1. The minimum absolute atomic E-state index is 0.167. The second-order valence-corrected chi connectivity index (χ2v) is 6.40. The Balaban J connectivity index is 1.47. The Morgan fingerprint density at radius 2 is 2.26 bits per heavy atom. The molecule has 1 aromatic heterocycles. The molecule has 126 valence electrons. The Kier molecular flexibility index (Phi) is 4.49. The summed E-state index contributed by atoms with van der Waals surface area (Å²) in [5.74, 6) is 0.167. The molecule has 23 heavy (non-hydrogen) atoms. The number of rotatable bonds is 4. The predicted octanol–water partition coefficient (Wildman–Crippen LogP) is 0.892. The van der Waals surface area contributed by atoms with Crippen LogP contribution in [0.25, 0.3) is 0 Å². The van der Waals surface area contributed by atoms with Crippen molar-refractivity contribution in [3.05, 3.63) is 12.7 Å². The topological polar surface area (TPSA) is 80.6 Å². The Labute approximate surface area is 135 Å². The highest BCUT2D eigenvalue weighted by molar-refractivity contribution is 5.76. The summed E-state index contributed by atoms with van der Waals surface area (Å²) in [6.45, 7) is 2.72. The summed E-state index contributed by atoms with van der Waals surface area (Å²) in [5, 5.41) is 4.03. The number of aromatic nitrogens is 3. The van der Waals surface area contributed by atoms with E-state index in [1.807, 2.05) is 4.90 Å². The van der Waals surface area contributed by atoms with Crippen molar-refractivity contribution in [2.45, 2.75) is 44.2 Å². The maximum absolute atomic E-state index is 12.4. The number of ether oxygens (including phenoxy) is 1. The molecule has 3 heterocycles. The van der Waals surface area contributed by atoms with Crippen LogP contribution in [-0.2, 0) is 16.1 Å². The van der Waals surface area contributed by atoms with Gasteiger partial charge in [0.25, 0.3) is 0 Å². The summed E-state index contributed by atoms with van der Waals surface area (Å²) in [5.41, 5.74) is -0.401. The zero-order chi connectivity index (χ0) is 16.3. The number of nitrogens with zero attached hydrogens (tertiary/aromatic N) is 5. The highest BCUT2D eigenvalue weighted by atomic mass is 16.6. The molecule has 3 rings (SSSR count). The summed E-state index contributed by atoms with van der Waals surface area (Å²) in [6, 6.07) is 0. The van der Waals surface area contributed by atoms with Gasteiger partial charge in [0.2, 0.25) is 5.91 Å². The molecule has 0 saturated carbocycles. The molecule has 0 aromatic carbocycles. The molecule has 1 atom stereocenters. The predicted molar refractivity (Wildman–Crippen MR) is 81.5 cm³/mol. The van der Waals surface area contributed by atoms with Gasteiger partial charge in [0.05, 0.1) is 6.54 Å². The van der Waals surface area contributed by atoms with Crippen LogP contribution >= 0.6 is 0 Å². The van der Waals surface area contributed by atoms with Gasteiger partial charge in [-0.3, -0.25) is 9.48 Å². The van der Waals surface area contributed by atoms with Gasteiger partial charge in [-0.2, -0.15) is 5.10 Å². The van der Waals surface area contributed by atoms with Crippen LogP contribution in [0.4, 0.5) is 4.79 Å². The number of aryl methyl sites for hydroxylation is 1. The summed E-state index contributed by atoms with van der Waals surface area (Å²) < 4.78 is 7.31. The number of carbonyl (C=O) groups excluding carboxylic acids is 2. The molecule has 2 aliphatic rings. The average molecular weight is 321 g/mol. The fraction of sp³-hybridized carbons (Fsp3) is 0.733. The lowest BCUT2D eigenvalue weighted by Crippen LogP contribution is -2.36. The van der Waals surface area contributed by atoms with E-state index in [4.69, 9.17) is 4.74 Å². The van der Waals surface area contributed by atoms with Crippen molar-refractivity contribution < 1.29 is 14.3 Å². The van der Waals surface area contributed by atoms with Gasteiger partial charge in [-0.15, -0.1) is 0 Å². The van der Waals surface area contributed by atoms with E-state index in [1.165, 1.54) is 6.33 Å². The summed E-state index contributed by atoms with van der Waals surface area (Å²) in [6.07, 6.45) is 6.58. The smallest absolute Gasteiger partial charge is 0.410 e. The zero-order valence-electron chi connectivity index (χ0n) is 13.5. The minimum Gasteiger partial charge on any atom is -0.441 e. The molecule has 2 amide bonds. The normalized spacial score (nSPS) is 24.8. The van der Waals surface area contributed by atoms with Gasteiger partial charge >= 0.3 is 6.09 Å². The lowest BCUT2D eigenvalue weighted by Gasteiger charge is -2.25. The van der Waals surface area contributed by atoms with Crippen LogP contribution in [0.3, 0.4) is 0 Å². The number of likely N-dealkylation sites (tertiary alicyclic amines) is 1. The fourth-order valence-electron chi connectivity index (χ4n) is 3.37. The van der Waals surface area contributed by atoms with Crippen LogP contribution in [0.5, 0.6) is 0 Å². The second kappa shape index (κ2) is 6.55. The molecule has 2 aliphatic heterocycles. The molecule has 8 nitrogen and oxygen atoms in total. The van der Waals surface area contributed by atoms with E-state index < -0.39 is 5.60 Å². The summed E-state index contributed by atoms with van der Waals surface area (Å²) in [7, 11) is 1.76. The first kappa shape index (κ1) is 15.8. The van der Waals surface area contributed by atoms with Crippen LogP contribution in [-0.4, -0.2) is 68.8 Å². The molecular formula is C15H23N5O3. The standard InChI is InChI=1S/C15H23N5O3/c1-18-10-15(23-14(18)22)5-3-7-19(9-6-15)13(21)4-2-8-20-12-16-11-17-20/h11-12H,2-10H2,1H3/t15-/m0/s1. The Morgan fingerprint density at radius 3 is 2.96 bits per heavy atom. The number of hydrogen-bond donors (Lipinski definition) is 0. The van der Waals surface area contributed by atoms with Crippen LogP contribution in [0.15, 0.2) is 12.7 Å². The lowest BCUT2D eigenvalue weighted by molar-refractivity contribution is -0.131. The van der Waals surface area contributed by atoms with Gasteiger partial charge in [0.15, 0.2) is 0 Å². The monoisotopic (exact) mass is 321 g/mol. The molecular weight excluding hydrogens is 298 g/mol. The molecule has 0 bridgehead atoms. The van der Waals surface area contributed by atoms with E-state index >= 15 is 0 Å². The van der Waals surface area contributed by atoms with Crippen molar-refractivity contribution in [2.24, 2.45) is 0 Å². The van der Waals surface area contributed by atoms with E-state index in [1.54, 1.807) is 23.0 Å². The number of hydrogen-bond acceptors (Lipinski definition) is 5. The fourth-order valence-corrected chi connectivity index (χ4v) is 3.37. The Morgan fingerprint density at radius 1 is 1.39 bits per heavy atom. The number of carbonyl (C=O) groups is 2. The van der Waals surface area contributed by atoms with Crippen LogP contribution in [0.1, 0.15) is 32.1 Å². The van der Waals surface area contributed by atoms with Crippen LogP contribution in [0.2, 0.25) is 0 Å². The highest BCUT2D eigenvalue weighted by Gasteiger charge is 2.44. The molecule has 2 saturated heterocycles. The van der Waals surface area contributed by atoms with Gasteiger partial charge in [-0.05, 0) is 19.3 Å². The molecule has 0 unspecified atom stereocenters. The molecule has 2 fully saturated rings. The molecule has 1 aromatic rings. The average Bonchev–Trinajstić information content (AvgIpc) is 3.06. The van der Waals surface area contributed by atoms with Crippen molar-refractivity contribution >= 4 is 12.0 Å². The highest BCUT2D eigenvalue weighted by Crippen LogP contribution is 2.32. The molecule has 8 heteroatoms. The van der Waals surface area contributed by atoms with Crippen LogP contribution < -0.4 is 0 Å². The molecule has 0 aliphatic carbocycles. The summed E-state index contributed by atoms with van der Waals surface area (Å²) >= 11 is 0. The number of likely N-dealkylation sites (N-methyl/N-ethyl adjacent to an activating group) is 1. The van der Waals surface area contributed by atoms with E-state index in [0.717, 1.165) is 32.2 Å². The van der Waals surface area contributed by atoms with Gasteiger partial charge < -0.3 is 14.5 Å². The van der Waals surface area contributed by atoms with E-state index in [0.29, 0.717) is 26.1 Å². The Hall–Kier alpha value is -2.12. The molecule has 1 spiro atoms. The van der Waals surface area contributed by atoms with Crippen molar-refractivity contribution in [3.8, 4) is 0 Å². The van der Waals surface area contributed by atoms with Gasteiger partial charge in [-0.25, -0.2) is 9.78 Å². The van der Waals surface area contributed by atoms with Crippen molar-refractivity contribution in [3.63, 3.8) is 0 Å². The first-order valence-electron chi connectivity index (χ1n) is 8.12. The third-order valence-corrected chi connectivity index (χ3v) is 4.64. The maximum atomic E-state index is 12.4. The van der Waals surface area contributed by atoms with E-state index in [-0.39, 0.29) is 12.0 Å². The maximum Gasteiger partial charge on any atom is 0.410 e. The molecule has 0 radical (unpaired) electrons. The molecule has 0 N–H and O–H groups in total. The van der Waals surface area contributed by atoms with Crippen molar-refractivity contribution in [1.82, 2.24) is 24.6 Å². The summed E-state index contributed by atoms with van der Waals surface area (Å²) in [4.78, 5) is 31.4. The van der Waals surface area contributed by atoms with Gasteiger partial charge in [0.1, 0.15) is 18.3 Å².